The molecule has 5 nitrogen and oxygen atoms in total. The highest BCUT2D eigenvalue weighted by molar-refractivity contribution is 7.91. The second-order valence-corrected chi connectivity index (χ2v) is 10.1. The number of hydrogen-bond donors (Lipinski definition) is 0. The number of sulfone groups is 1. The maximum absolute atomic E-state index is 13.2. The molecule has 1 aliphatic rings. The smallest absolute Gasteiger partial charge is 0.254 e. The number of hydrogen-bond acceptors (Lipinski definition) is 4. The summed E-state index contributed by atoms with van der Waals surface area (Å²) in [6.07, 6.45) is 0.378. The molecule has 2 aromatic carbocycles. The number of ether oxygens (including phenoxy) is 1. The Labute approximate surface area is 179 Å². The first-order valence-electron chi connectivity index (χ1n) is 8.49. The zero-order valence-corrected chi connectivity index (χ0v) is 18.1. The van der Waals surface area contributed by atoms with Gasteiger partial charge in [0, 0.05) is 28.2 Å². The van der Waals surface area contributed by atoms with Crippen LogP contribution in [-0.4, -0.2) is 43.9 Å². The highest BCUT2D eigenvalue weighted by Crippen LogP contribution is 2.29. The van der Waals surface area contributed by atoms with Gasteiger partial charge in [-0.05, 0) is 42.3 Å². The second kappa shape index (κ2) is 8.49. The van der Waals surface area contributed by atoms with Gasteiger partial charge < -0.3 is 9.64 Å². The largest absolute Gasteiger partial charge is 0.495 e. The molecule has 1 unspecified atom stereocenters. The number of carbonyl (C=O) groups excluding carboxylic acids is 1. The van der Waals surface area contributed by atoms with Crippen molar-refractivity contribution in [3.8, 4) is 5.75 Å². The van der Waals surface area contributed by atoms with E-state index in [9.17, 15) is 13.2 Å². The normalized spacial score (nSPS) is 18.1. The van der Waals surface area contributed by atoms with Gasteiger partial charge >= 0.3 is 0 Å². The molecular formula is C19H18Cl3NO4S. The van der Waals surface area contributed by atoms with Gasteiger partial charge in [0.25, 0.3) is 5.91 Å². The summed E-state index contributed by atoms with van der Waals surface area (Å²) in [5.41, 5.74) is 1.03. The lowest BCUT2D eigenvalue weighted by atomic mass is 10.1. The minimum Gasteiger partial charge on any atom is -0.495 e. The SMILES string of the molecule is COc1ccc(C(=O)N(Cc2ccc(Cl)cc2Cl)C2CCS(=O)(=O)C2)cc1Cl. The number of halogens is 3. The van der Waals surface area contributed by atoms with Crippen LogP contribution in [0.5, 0.6) is 5.75 Å². The summed E-state index contributed by atoms with van der Waals surface area (Å²) in [5, 5.41) is 1.20. The molecule has 0 radical (unpaired) electrons. The van der Waals surface area contributed by atoms with E-state index < -0.39 is 15.9 Å². The minimum absolute atomic E-state index is 0.0547. The van der Waals surface area contributed by atoms with Gasteiger partial charge in [-0.15, -0.1) is 0 Å². The molecule has 1 amide bonds. The molecule has 0 saturated carbocycles. The van der Waals surface area contributed by atoms with E-state index in [1.807, 2.05) is 0 Å². The molecule has 0 aliphatic carbocycles. The number of amides is 1. The number of benzene rings is 2. The van der Waals surface area contributed by atoms with Gasteiger partial charge in [0.1, 0.15) is 5.75 Å². The second-order valence-electron chi connectivity index (χ2n) is 6.57. The van der Waals surface area contributed by atoms with Crippen LogP contribution in [0, 0.1) is 0 Å². The zero-order chi connectivity index (χ0) is 20.5. The van der Waals surface area contributed by atoms with Gasteiger partial charge in [0.2, 0.25) is 0 Å². The highest BCUT2D eigenvalue weighted by atomic mass is 35.5. The fourth-order valence-corrected chi connectivity index (χ4v) is 5.64. The van der Waals surface area contributed by atoms with Crippen LogP contribution in [0.25, 0.3) is 0 Å². The van der Waals surface area contributed by atoms with Crippen LogP contribution in [0.2, 0.25) is 15.1 Å². The van der Waals surface area contributed by atoms with Crippen LogP contribution in [0.4, 0.5) is 0 Å². The zero-order valence-electron chi connectivity index (χ0n) is 15.0. The Balaban J connectivity index is 1.95. The van der Waals surface area contributed by atoms with Gasteiger partial charge in [0.05, 0.1) is 23.6 Å². The predicted octanol–water partition coefficient (Wildman–Crippen LogP) is 4.48. The average molecular weight is 463 g/mol. The Morgan fingerprint density at radius 3 is 2.46 bits per heavy atom. The maximum atomic E-state index is 13.2. The minimum atomic E-state index is -3.18. The average Bonchev–Trinajstić information content (AvgIpc) is 3.00. The lowest BCUT2D eigenvalue weighted by Gasteiger charge is -2.29. The van der Waals surface area contributed by atoms with E-state index in [2.05, 4.69) is 0 Å². The summed E-state index contributed by atoms with van der Waals surface area (Å²) in [5.74, 6) is 0.110. The Morgan fingerprint density at radius 2 is 1.89 bits per heavy atom. The van der Waals surface area contributed by atoms with Crippen LogP contribution >= 0.6 is 34.8 Å². The topological polar surface area (TPSA) is 63.7 Å². The lowest BCUT2D eigenvalue weighted by Crippen LogP contribution is -2.40. The third-order valence-corrected chi connectivity index (χ3v) is 7.30. The Bertz CT molecular complexity index is 1010. The van der Waals surface area contributed by atoms with Crippen molar-refractivity contribution in [1.29, 1.82) is 0 Å². The van der Waals surface area contributed by atoms with Crippen molar-refractivity contribution in [2.45, 2.75) is 19.0 Å². The number of carbonyl (C=O) groups is 1. The number of nitrogens with zero attached hydrogens (tertiary/aromatic N) is 1. The van der Waals surface area contributed by atoms with Crippen molar-refractivity contribution in [3.63, 3.8) is 0 Å². The van der Waals surface area contributed by atoms with E-state index in [1.54, 1.807) is 30.3 Å². The molecule has 1 saturated heterocycles. The summed E-state index contributed by atoms with van der Waals surface area (Å²) in [6.45, 7) is 0.165. The van der Waals surface area contributed by atoms with Crippen molar-refractivity contribution >= 4 is 50.5 Å². The molecule has 1 fully saturated rings. The fourth-order valence-electron chi connectivity index (χ4n) is 3.19. The maximum Gasteiger partial charge on any atom is 0.254 e. The molecule has 9 heteroatoms. The fraction of sp³-hybridized carbons (Fsp3) is 0.316. The molecule has 150 valence electrons. The summed E-state index contributed by atoms with van der Waals surface area (Å²) in [7, 11) is -1.69. The van der Waals surface area contributed by atoms with Gasteiger partial charge in [-0.1, -0.05) is 40.9 Å². The summed E-state index contributed by atoms with van der Waals surface area (Å²) in [4.78, 5) is 14.8. The van der Waals surface area contributed by atoms with Crippen LogP contribution in [-0.2, 0) is 16.4 Å². The molecular weight excluding hydrogens is 445 g/mol. The van der Waals surface area contributed by atoms with E-state index in [4.69, 9.17) is 39.5 Å². The van der Waals surface area contributed by atoms with Crippen LogP contribution in [0.3, 0.4) is 0 Å². The number of rotatable bonds is 5. The Kier molecular flexibility index (Phi) is 6.44. The van der Waals surface area contributed by atoms with Crippen LogP contribution in [0.15, 0.2) is 36.4 Å². The third-order valence-electron chi connectivity index (χ3n) is 4.66. The van der Waals surface area contributed by atoms with Crippen LogP contribution < -0.4 is 4.74 Å². The summed E-state index contributed by atoms with van der Waals surface area (Å²) >= 11 is 18.4. The lowest BCUT2D eigenvalue weighted by molar-refractivity contribution is 0.0681. The summed E-state index contributed by atoms with van der Waals surface area (Å²) in [6, 6.07) is 9.29. The molecule has 1 heterocycles. The van der Waals surface area contributed by atoms with Crippen molar-refractivity contribution in [3.05, 3.63) is 62.6 Å². The van der Waals surface area contributed by atoms with Gasteiger partial charge in [0.15, 0.2) is 9.84 Å². The quantitative estimate of drug-likeness (QED) is 0.657. The molecule has 28 heavy (non-hydrogen) atoms. The first-order valence-corrected chi connectivity index (χ1v) is 11.4. The molecule has 3 rings (SSSR count). The molecule has 1 aliphatic heterocycles. The van der Waals surface area contributed by atoms with Crippen LogP contribution in [0.1, 0.15) is 22.3 Å². The van der Waals surface area contributed by atoms with Crippen molar-refractivity contribution in [2.24, 2.45) is 0 Å². The molecule has 2 aromatic rings. The Morgan fingerprint density at radius 1 is 1.14 bits per heavy atom. The first kappa shape index (κ1) is 21.2. The van der Waals surface area contributed by atoms with Gasteiger partial charge in [-0.25, -0.2) is 8.42 Å². The molecule has 0 spiro atoms. The highest BCUT2D eigenvalue weighted by Gasteiger charge is 2.35. The van der Waals surface area contributed by atoms with Gasteiger partial charge in [-0.2, -0.15) is 0 Å². The predicted molar refractivity (Wildman–Crippen MR) is 111 cm³/mol. The monoisotopic (exact) mass is 461 g/mol. The first-order chi connectivity index (χ1) is 13.2. The third kappa shape index (κ3) is 4.74. The summed E-state index contributed by atoms with van der Waals surface area (Å²) < 4.78 is 29.1. The van der Waals surface area contributed by atoms with E-state index in [0.717, 1.165) is 0 Å². The van der Waals surface area contributed by atoms with Gasteiger partial charge in [-0.3, -0.25) is 4.79 Å². The standard InChI is InChI=1S/C19H18Cl3NO4S/c1-27-18-5-3-12(8-17(18)22)19(24)23(15-6-7-28(25,26)11-15)10-13-2-4-14(20)9-16(13)21/h2-5,8-9,15H,6-7,10-11H2,1H3. The van der Waals surface area contributed by atoms with Crippen molar-refractivity contribution < 1.29 is 17.9 Å². The molecule has 0 aromatic heterocycles. The van der Waals surface area contributed by atoms with E-state index in [0.29, 0.717) is 38.4 Å². The van der Waals surface area contributed by atoms with E-state index in [-0.39, 0.29) is 24.0 Å². The van der Waals surface area contributed by atoms with E-state index >= 15 is 0 Å². The van der Waals surface area contributed by atoms with E-state index in [1.165, 1.54) is 18.1 Å². The van der Waals surface area contributed by atoms with Crippen molar-refractivity contribution in [2.75, 3.05) is 18.6 Å². The number of methoxy groups -OCH3 is 1. The molecule has 0 bridgehead atoms. The van der Waals surface area contributed by atoms with Crippen molar-refractivity contribution in [1.82, 2.24) is 4.90 Å². The molecule has 0 N–H and O–H groups in total. The molecule has 1 atom stereocenters. The Hall–Kier alpha value is -1.47.